The zero-order chi connectivity index (χ0) is 19.4. The molecular weight excluding hydrogens is 341 g/mol. The Balaban J connectivity index is 1.87. The van der Waals surface area contributed by atoms with E-state index >= 15 is 0 Å². The summed E-state index contributed by atoms with van der Waals surface area (Å²) in [6.45, 7) is 0.975. The van der Waals surface area contributed by atoms with E-state index in [0.717, 1.165) is 36.9 Å². The van der Waals surface area contributed by atoms with E-state index < -0.39 is 5.97 Å². The summed E-state index contributed by atoms with van der Waals surface area (Å²) in [7, 11) is 4.15. The molecule has 0 radical (unpaired) electrons. The van der Waals surface area contributed by atoms with Crippen LogP contribution in [0.3, 0.4) is 0 Å². The van der Waals surface area contributed by atoms with Gasteiger partial charge in [-0.05, 0) is 80.6 Å². The monoisotopic (exact) mass is 367 g/mol. The third kappa shape index (κ3) is 5.04. The lowest BCUT2D eigenvalue weighted by Gasteiger charge is -2.35. The quantitative estimate of drug-likeness (QED) is 0.804. The van der Waals surface area contributed by atoms with Crippen molar-refractivity contribution >= 4 is 12.0 Å². The topological polar surface area (TPSA) is 40.5 Å². The second kappa shape index (κ2) is 8.49. The fraction of sp³-hybridized carbons (Fsp3) is 0.348. The average molecular weight is 367 g/mol. The minimum atomic E-state index is -0.914. The van der Waals surface area contributed by atoms with E-state index in [1.165, 1.54) is 11.6 Å². The molecule has 27 heavy (non-hydrogen) atoms. The summed E-state index contributed by atoms with van der Waals surface area (Å²) in [4.78, 5) is 13.4. The third-order valence-corrected chi connectivity index (χ3v) is 5.27. The summed E-state index contributed by atoms with van der Waals surface area (Å²) >= 11 is 0. The lowest BCUT2D eigenvalue weighted by atomic mass is 9.73. The standard InChI is InChI=1S/C23H26FNO2/c1-25(2)15-20-10-9-17(11-16-5-3-7-19(12-16)23(26)27)13-22(20)18-6-4-8-21(24)14-18/h3-8,11-12,14,20,22H,9-10,13,15H2,1-2H3,(H,26,27). The minimum absolute atomic E-state index is 0.193. The van der Waals surface area contributed by atoms with Crippen LogP contribution in [0.4, 0.5) is 4.39 Å². The van der Waals surface area contributed by atoms with Crippen LogP contribution in [0.5, 0.6) is 0 Å². The van der Waals surface area contributed by atoms with Crippen LogP contribution in [-0.4, -0.2) is 36.6 Å². The first-order valence-corrected chi connectivity index (χ1v) is 9.35. The van der Waals surface area contributed by atoms with Crippen molar-refractivity contribution in [3.05, 3.63) is 76.6 Å². The summed E-state index contributed by atoms with van der Waals surface area (Å²) in [5.41, 5.74) is 3.55. The molecule has 142 valence electrons. The van der Waals surface area contributed by atoms with E-state index in [0.29, 0.717) is 11.5 Å². The summed E-state index contributed by atoms with van der Waals surface area (Å²) < 4.78 is 13.8. The summed E-state index contributed by atoms with van der Waals surface area (Å²) in [6.07, 6.45) is 5.01. The molecule has 0 saturated heterocycles. The molecule has 2 atom stereocenters. The van der Waals surface area contributed by atoms with Gasteiger partial charge in [0, 0.05) is 6.54 Å². The molecule has 2 unspecified atom stereocenters. The van der Waals surface area contributed by atoms with Crippen LogP contribution in [0, 0.1) is 11.7 Å². The van der Waals surface area contributed by atoms with Crippen LogP contribution in [0.1, 0.15) is 46.7 Å². The van der Waals surface area contributed by atoms with Crippen molar-refractivity contribution in [1.29, 1.82) is 0 Å². The van der Waals surface area contributed by atoms with Crippen LogP contribution in [0.15, 0.2) is 54.1 Å². The maximum atomic E-state index is 13.8. The zero-order valence-electron chi connectivity index (χ0n) is 15.9. The summed E-state index contributed by atoms with van der Waals surface area (Å²) in [5, 5.41) is 9.19. The fourth-order valence-corrected chi connectivity index (χ4v) is 4.07. The van der Waals surface area contributed by atoms with Gasteiger partial charge in [0.1, 0.15) is 5.82 Å². The number of carboxylic acid groups (broad SMARTS) is 1. The number of aromatic carboxylic acids is 1. The third-order valence-electron chi connectivity index (χ3n) is 5.27. The van der Waals surface area contributed by atoms with Crippen LogP contribution < -0.4 is 0 Å². The number of rotatable bonds is 5. The van der Waals surface area contributed by atoms with Gasteiger partial charge in [-0.1, -0.05) is 35.9 Å². The van der Waals surface area contributed by atoms with E-state index in [4.69, 9.17) is 0 Å². The predicted molar refractivity (Wildman–Crippen MR) is 106 cm³/mol. The minimum Gasteiger partial charge on any atom is -0.478 e. The predicted octanol–water partition coefficient (Wildman–Crippen LogP) is 5.05. The lowest BCUT2D eigenvalue weighted by Crippen LogP contribution is -2.29. The smallest absolute Gasteiger partial charge is 0.335 e. The van der Waals surface area contributed by atoms with Gasteiger partial charge in [0.2, 0.25) is 0 Å². The fourth-order valence-electron chi connectivity index (χ4n) is 4.07. The Morgan fingerprint density at radius 1 is 1.22 bits per heavy atom. The number of nitrogens with zero attached hydrogens (tertiary/aromatic N) is 1. The van der Waals surface area contributed by atoms with Gasteiger partial charge in [0.25, 0.3) is 0 Å². The molecule has 1 saturated carbocycles. The maximum absolute atomic E-state index is 13.8. The first kappa shape index (κ1) is 19.3. The Bertz CT molecular complexity index is 844. The Morgan fingerprint density at radius 2 is 2.00 bits per heavy atom. The van der Waals surface area contributed by atoms with Gasteiger partial charge >= 0.3 is 5.97 Å². The molecule has 0 aliphatic heterocycles. The molecule has 1 aliphatic carbocycles. The van der Waals surface area contributed by atoms with E-state index in [1.807, 2.05) is 12.1 Å². The summed E-state index contributed by atoms with van der Waals surface area (Å²) in [6, 6.07) is 14.0. The second-order valence-electron chi connectivity index (χ2n) is 7.66. The van der Waals surface area contributed by atoms with E-state index in [1.54, 1.807) is 30.3 Å². The molecule has 3 rings (SSSR count). The van der Waals surface area contributed by atoms with Crippen LogP contribution in [-0.2, 0) is 0 Å². The molecule has 1 N–H and O–H groups in total. The van der Waals surface area contributed by atoms with Gasteiger partial charge in [0.05, 0.1) is 5.56 Å². The van der Waals surface area contributed by atoms with Crippen molar-refractivity contribution in [3.8, 4) is 0 Å². The van der Waals surface area contributed by atoms with Gasteiger partial charge in [-0.2, -0.15) is 0 Å². The summed E-state index contributed by atoms with van der Waals surface area (Å²) in [5.74, 6) is -0.362. The van der Waals surface area contributed by atoms with E-state index in [-0.39, 0.29) is 11.7 Å². The Hall–Kier alpha value is -2.46. The second-order valence-corrected chi connectivity index (χ2v) is 7.66. The van der Waals surface area contributed by atoms with Gasteiger partial charge in [-0.15, -0.1) is 0 Å². The molecule has 0 bridgehead atoms. The number of carbonyl (C=O) groups is 1. The number of hydrogen-bond acceptors (Lipinski definition) is 2. The SMILES string of the molecule is CN(C)CC1CCC(=Cc2cccc(C(=O)O)c2)CC1c1cccc(F)c1. The molecule has 0 heterocycles. The molecule has 2 aromatic carbocycles. The normalized spacial score (nSPS) is 21.6. The van der Waals surface area contributed by atoms with Gasteiger partial charge < -0.3 is 10.0 Å². The number of benzene rings is 2. The highest BCUT2D eigenvalue weighted by atomic mass is 19.1. The molecule has 0 amide bonds. The Morgan fingerprint density at radius 3 is 2.70 bits per heavy atom. The molecule has 2 aromatic rings. The van der Waals surface area contributed by atoms with Crippen molar-refractivity contribution in [2.24, 2.45) is 5.92 Å². The van der Waals surface area contributed by atoms with Crippen LogP contribution >= 0.6 is 0 Å². The molecule has 1 aliphatic rings. The highest BCUT2D eigenvalue weighted by molar-refractivity contribution is 5.88. The molecule has 1 fully saturated rings. The zero-order valence-corrected chi connectivity index (χ0v) is 15.9. The molecule has 4 heteroatoms. The Kier molecular flexibility index (Phi) is 6.07. The van der Waals surface area contributed by atoms with Crippen molar-refractivity contribution < 1.29 is 14.3 Å². The average Bonchev–Trinajstić information content (AvgIpc) is 2.63. The van der Waals surface area contributed by atoms with Gasteiger partial charge in [-0.25, -0.2) is 9.18 Å². The van der Waals surface area contributed by atoms with E-state index in [9.17, 15) is 14.3 Å². The highest BCUT2D eigenvalue weighted by Crippen LogP contribution is 2.41. The largest absolute Gasteiger partial charge is 0.478 e. The highest BCUT2D eigenvalue weighted by Gasteiger charge is 2.29. The maximum Gasteiger partial charge on any atom is 0.335 e. The number of halogens is 1. The number of carboxylic acids is 1. The number of allylic oxidation sites excluding steroid dienone is 1. The first-order valence-electron chi connectivity index (χ1n) is 9.35. The van der Waals surface area contributed by atoms with Crippen molar-refractivity contribution in [1.82, 2.24) is 4.90 Å². The lowest BCUT2D eigenvalue weighted by molar-refractivity contribution is 0.0697. The first-order chi connectivity index (χ1) is 12.9. The molecule has 0 spiro atoms. The van der Waals surface area contributed by atoms with Crippen molar-refractivity contribution in [3.63, 3.8) is 0 Å². The molecular formula is C23H26FNO2. The number of hydrogen-bond donors (Lipinski definition) is 1. The van der Waals surface area contributed by atoms with Crippen LogP contribution in [0.2, 0.25) is 0 Å². The Labute approximate surface area is 160 Å². The van der Waals surface area contributed by atoms with Gasteiger partial charge in [-0.3, -0.25) is 0 Å². The van der Waals surface area contributed by atoms with Gasteiger partial charge in [0.15, 0.2) is 0 Å². The molecule has 0 aromatic heterocycles. The van der Waals surface area contributed by atoms with Crippen molar-refractivity contribution in [2.75, 3.05) is 20.6 Å². The molecule has 3 nitrogen and oxygen atoms in total. The van der Waals surface area contributed by atoms with Crippen molar-refractivity contribution in [2.45, 2.75) is 25.2 Å². The van der Waals surface area contributed by atoms with E-state index in [2.05, 4.69) is 25.1 Å². The van der Waals surface area contributed by atoms with Crippen LogP contribution in [0.25, 0.3) is 6.08 Å².